The minimum absolute atomic E-state index is 0.0600. The summed E-state index contributed by atoms with van der Waals surface area (Å²) >= 11 is 1.49. The van der Waals surface area contributed by atoms with Crippen LogP contribution in [-0.2, 0) is 18.7 Å². The normalized spacial score (nSPS) is 11.7. The van der Waals surface area contributed by atoms with E-state index in [9.17, 15) is 5.11 Å². The van der Waals surface area contributed by atoms with Crippen LogP contribution in [0.1, 0.15) is 25.0 Å². The van der Waals surface area contributed by atoms with Crippen LogP contribution in [0.3, 0.4) is 0 Å². The number of phenolic OH excluding ortho intramolecular Hbond substituents is 1. The van der Waals surface area contributed by atoms with E-state index in [1.807, 2.05) is 33.8 Å². The van der Waals surface area contributed by atoms with Gasteiger partial charge in [-0.05, 0) is 123 Å². The molecule has 0 aliphatic rings. The molecule has 0 amide bonds. The Labute approximate surface area is 339 Å². The number of nitrogens with one attached hydrogen (secondary N) is 1. The second-order valence-electron chi connectivity index (χ2n) is 11.7. The molecule has 0 radical (unpaired) electrons. The molecule has 0 atom stereocenters. The van der Waals surface area contributed by atoms with E-state index in [1.54, 1.807) is 78.9 Å². The summed E-state index contributed by atoms with van der Waals surface area (Å²) in [5.74, 6) is -0.0363. The van der Waals surface area contributed by atoms with Crippen LogP contribution in [-0.4, -0.2) is 43.8 Å². The lowest BCUT2D eigenvalue weighted by atomic mass is 10.1. The van der Waals surface area contributed by atoms with E-state index >= 15 is 0 Å². The van der Waals surface area contributed by atoms with E-state index in [4.69, 9.17) is 24.3 Å². The highest BCUT2D eigenvalue weighted by Crippen LogP contribution is 2.45. The Morgan fingerprint density at radius 1 is 0.621 bits per heavy atom. The highest BCUT2D eigenvalue weighted by atomic mass is 32.2. The van der Waals surface area contributed by atoms with Crippen molar-refractivity contribution in [2.45, 2.75) is 37.5 Å². The number of nitrogens with zero attached hydrogens (tertiary/aromatic N) is 9. The minimum atomic E-state index is -0.212. The molecule has 0 aliphatic carbocycles. The van der Waals surface area contributed by atoms with Gasteiger partial charge in [-0.25, -0.2) is 10.5 Å². The van der Waals surface area contributed by atoms with Gasteiger partial charge in [0.2, 0.25) is 5.95 Å². The molecule has 19 nitrogen and oxygen atoms in total. The van der Waals surface area contributed by atoms with Gasteiger partial charge >= 0.3 is 12.0 Å². The third-order valence-electron chi connectivity index (χ3n) is 7.78. The van der Waals surface area contributed by atoms with E-state index < -0.39 is 0 Å². The molecule has 0 fully saturated rings. The Morgan fingerprint density at radius 2 is 1.16 bits per heavy atom. The highest BCUT2D eigenvalue weighted by Gasteiger charge is 2.17. The van der Waals surface area contributed by atoms with Gasteiger partial charge in [0, 0.05) is 16.0 Å². The molecule has 21 heteroatoms. The summed E-state index contributed by atoms with van der Waals surface area (Å²) in [6, 6.07) is 24.8. The van der Waals surface area contributed by atoms with Gasteiger partial charge in [-0.1, -0.05) is 16.1 Å². The van der Waals surface area contributed by atoms with Crippen molar-refractivity contribution in [3.8, 4) is 17.8 Å². The van der Waals surface area contributed by atoms with Crippen LogP contribution in [0.4, 0.5) is 45.8 Å². The first-order valence-electron chi connectivity index (χ1n) is 17.2. The Hall–Kier alpha value is -6.17. The number of phenols is 1. The van der Waals surface area contributed by atoms with Crippen molar-refractivity contribution in [2.24, 2.45) is 30.7 Å². The van der Waals surface area contributed by atoms with Gasteiger partial charge in [-0.2, -0.15) is 35.5 Å². The second-order valence-corrected chi connectivity index (χ2v) is 13.2. The first-order valence-corrected chi connectivity index (χ1v) is 18.7. The fraction of sp³-hybridized carbons (Fsp3) is 0.162. The minimum Gasteiger partial charge on any atom is -0.505 e. The molecule has 6 aromatic rings. The average Bonchev–Trinajstić information content (AvgIpc) is 3.22. The van der Waals surface area contributed by atoms with Crippen molar-refractivity contribution >= 4 is 80.6 Å². The summed E-state index contributed by atoms with van der Waals surface area (Å²) in [7, 11) is 0. The van der Waals surface area contributed by atoms with Gasteiger partial charge in [0.15, 0.2) is 5.75 Å². The third kappa shape index (κ3) is 11.0. The number of fused-ring (bicyclic) bond motifs is 1. The number of hydrogen-bond donors (Lipinski definition) is 4. The maximum Gasteiger partial charge on any atom is 0.324 e. The number of aryl methyl sites for hydroxylation is 2. The van der Waals surface area contributed by atoms with Crippen molar-refractivity contribution in [1.29, 1.82) is 0 Å². The first kappa shape index (κ1) is 41.5. The molecule has 1 aromatic heterocycles. The molecule has 0 bridgehead atoms. The predicted molar refractivity (Wildman–Crippen MR) is 214 cm³/mol. The summed E-state index contributed by atoms with van der Waals surface area (Å²) in [5, 5.41) is 66.4. The number of benzene rings is 5. The molecule has 4 N–H and O–H groups in total. The number of hydrogen-bond acceptors (Lipinski definition) is 21. The number of ether oxygens (including phenoxy) is 2. The van der Waals surface area contributed by atoms with E-state index in [0.717, 1.165) is 23.2 Å². The number of rotatable bonds is 18. The summed E-state index contributed by atoms with van der Waals surface area (Å²) in [4.78, 5) is 13.7. The molecule has 0 unspecified atom stereocenters. The number of aromatic hydroxyl groups is 1. The Balaban J connectivity index is 1.19. The monoisotopic (exact) mass is 826 g/mol. The Bertz CT molecular complexity index is 2420. The molecule has 0 aliphatic heterocycles. The molecule has 5 aromatic carbocycles. The second kappa shape index (κ2) is 20.3. The maximum atomic E-state index is 11.5. The molecular formula is C37H34N10O9S2. The molecule has 298 valence electrons. The predicted octanol–water partition coefficient (Wildman–Crippen LogP) is 12.0. The molecule has 6 rings (SSSR count). The van der Waals surface area contributed by atoms with E-state index in [1.165, 1.54) is 0 Å². The van der Waals surface area contributed by atoms with E-state index in [0.29, 0.717) is 79.9 Å². The Morgan fingerprint density at radius 3 is 1.72 bits per heavy atom. The quantitative estimate of drug-likeness (QED) is 0.0272. The van der Waals surface area contributed by atoms with Gasteiger partial charge in [0.05, 0.1) is 70.6 Å². The summed E-state index contributed by atoms with van der Waals surface area (Å²) < 4.78 is 20.0. The number of azo groups is 3. The summed E-state index contributed by atoms with van der Waals surface area (Å²) in [6.07, 6.45) is 0. The molecule has 58 heavy (non-hydrogen) atoms. The summed E-state index contributed by atoms with van der Waals surface area (Å²) in [5.41, 5.74) is 5.10. The topological polar surface area (TPSA) is 241 Å². The summed E-state index contributed by atoms with van der Waals surface area (Å²) in [6.45, 7) is 8.04. The average molecular weight is 827 g/mol. The zero-order valence-electron chi connectivity index (χ0n) is 31.1. The van der Waals surface area contributed by atoms with Crippen molar-refractivity contribution in [1.82, 2.24) is 15.0 Å². The SMILES string of the molecule is CCOc1nc(Nc2ccc3cc(SOOO)c(N=Nc4cc(C)c(N=Nc5ccc(N=Nc6ccc(SOOO)cc6)cc5)cc4C)c(O)c3c2)nc(OCC)n1. The maximum absolute atomic E-state index is 11.5. The lowest BCUT2D eigenvalue weighted by molar-refractivity contribution is -0.432. The third-order valence-corrected chi connectivity index (χ3v) is 8.99. The lowest BCUT2D eigenvalue weighted by Gasteiger charge is -2.12. The molecular weight excluding hydrogens is 793 g/mol. The van der Waals surface area contributed by atoms with Crippen LogP contribution in [0, 0.1) is 13.8 Å². The fourth-order valence-electron chi connectivity index (χ4n) is 5.08. The van der Waals surface area contributed by atoms with Crippen LogP contribution >= 0.6 is 24.1 Å². The highest BCUT2D eigenvalue weighted by molar-refractivity contribution is 7.94. The number of anilines is 2. The van der Waals surface area contributed by atoms with Crippen LogP contribution in [0.15, 0.2) is 125 Å². The fourth-order valence-corrected chi connectivity index (χ4v) is 5.93. The van der Waals surface area contributed by atoms with Crippen molar-refractivity contribution < 1.29 is 43.8 Å². The Kier molecular flexibility index (Phi) is 14.5. The standard InChI is InChI=1S/C37H34N10O9S2/c1-5-51-36-39-35(40-37(41-36)52-6-2)38-27-8-7-23-19-32(58-56-54-50)33(34(48)29(23)20-27)47-46-31-18-21(3)30(17-22(31)4)45-44-25-11-9-24(10-12-25)42-43-26-13-15-28(16-14-26)57-55-53-49/h7-20,48-50H,5-6H2,1-4H3,(H,38,39,40,41). The lowest BCUT2D eigenvalue weighted by Crippen LogP contribution is -2.06. The van der Waals surface area contributed by atoms with Crippen LogP contribution < -0.4 is 14.8 Å². The van der Waals surface area contributed by atoms with Crippen molar-refractivity contribution in [3.63, 3.8) is 0 Å². The van der Waals surface area contributed by atoms with Crippen molar-refractivity contribution in [2.75, 3.05) is 18.5 Å². The van der Waals surface area contributed by atoms with E-state index in [2.05, 4.69) is 65.4 Å². The van der Waals surface area contributed by atoms with Gasteiger partial charge in [0.1, 0.15) is 5.69 Å². The van der Waals surface area contributed by atoms with Crippen LogP contribution in [0.5, 0.6) is 17.8 Å². The van der Waals surface area contributed by atoms with Crippen LogP contribution in [0.2, 0.25) is 0 Å². The zero-order valence-corrected chi connectivity index (χ0v) is 32.8. The van der Waals surface area contributed by atoms with Crippen molar-refractivity contribution in [3.05, 3.63) is 96.1 Å². The molecule has 0 spiro atoms. The van der Waals surface area contributed by atoms with Crippen LogP contribution in [0.25, 0.3) is 10.8 Å². The van der Waals surface area contributed by atoms with Gasteiger partial charge in [-0.15, -0.1) is 18.8 Å². The molecule has 0 saturated heterocycles. The molecule has 0 saturated carbocycles. The van der Waals surface area contributed by atoms with Gasteiger partial charge in [0.25, 0.3) is 0 Å². The van der Waals surface area contributed by atoms with Gasteiger partial charge in [-0.3, -0.25) is 0 Å². The largest absolute Gasteiger partial charge is 0.505 e. The molecule has 1 heterocycles. The van der Waals surface area contributed by atoms with E-state index in [-0.39, 0.29) is 29.4 Å². The first-order chi connectivity index (χ1) is 28.3. The number of aromatic nitrogens is 3. The zero-order chi connectivity index (χ0) is 40.9. The smallest absolute Gasteiger partial charge is 0.324 e. The van der Waals surface area contributed by atoms with Gasteiger partial charge < -0.3 is 19.9 Å².